The molecule has 3 aliphatic rings. The Morgan fingerprint density at radius 2 is 1.29 bits per heavy atom. The van der Waals surface area contributed by atoms with Crippen molar-refractivity contribution in [2.75, 3.05) is 4.90 Å². The van der Waals surface area contributed by atoms with Gasteiger partial charge in [0.1, 0.15) is 0 Å². The number of benzene rings is 5. The Labute approximate surface area is 243 Å². The van der Waals surface area contributed by atoms with E-state index in [1.807, 2.05) is 0 Å². The zero-order chi connectivity index (χ0) is 27.9. The number of nitrogens with zero attached hydrogens (tertiary/aromatic N) is 1. The molecule has 0 radical (unpaired) electrons. The van der Waals surface area contributed by atoms with E-state index in [1.165, 1.54) is 66.8 Å². The summed E-state index contributed by atoms with van der Waals surface area (Å²) in [6.45, 7) is 9.63. The minimum atomic E-state index is -0.0516. The van der Waals surface area contributed by atoms with Crippen LogP contribution in [0.5, 0.6) is 0 Å². The first-order valence-corrected chi connectivity index (χ1v) is 14.9. The molecule has 5 aromatic carbocycles. The molecule has 0 N–H and O–H groups in total. The molecule has 2 aliphatic heterocycles. The van der Waals surface area contributed by atoms with Gasteiger partial charge in [-0.05, 0) is 74.4 Å². The number of hydrogen-bond acceptors (Lipinski definition) is 1. The summed E-state index contributed by atoms with van der Waals surface area (Å²) in [5.74, 6) is 0.354. The van der Waals surface area contributed by atoms with Gasteiger partial charge in [-0.3, -0.25) is 0 Å². The normalized spacial score (nSPS) is 19.5. The molecule has 0 fully saturated rings. The van der Waals surface area contributed by atoms with Crippen LogP contribution in [0.15, 0.2) is 133 Å². The van der Waals surface area contributed by atoms with E-state index >= 15 is 0 Å². The molecule has 200 valence electrons. The first-order chi connectivity index (χ1) is 19.8. The van der Waals surface area contributed by atoms with Gasteiger partial charge in [0.05, 0.1) is 11.4 Å². The SMILES string of the molecule is CC1(C)C2=C(C=CC(c3ccc4cc(-c5ccccc5)ccc4c3)C2)N2c3ccccc3C(C)(C)c3cccc1c32. The molecule has 0 spiro atoms. The van der Waals surface area contributed by atoms with Crippen molar-refractivity contribution >= 4 is 22.1 Å². The number of hydrogen-bond donors (Lipinski definition) is 0. The molecule has 41 heavy (non-hydrogen) atoms. The lowest BCUT2D eigenvalue weighted by Crippen LogP contribution is -2.41. The van der Waals surface area contributed by atoms with Crippen molar-refractivity contribution in [2.24, 2.45) is 0 Å². The second-order valence-corrected chi connectivity index (χ2v) is 13.0. The van der Waals surface area contributed by atoms with Gasteiger partial charge in [-0.1, -0.05) is 131 Å². The molecule has 1 atom stereocenters. The maximum Gasteiger partial charge on any atom is 0.0543 e. The second-order valence-electron chi connectivity index (χ2n) is 13.0. The van der Waals surface area contributed by atoms with E-state index in [0.29, 0.717) is 5.92 Å². The fourth-order valence-electron chi connectivity index (χ4n) is 7.69. The summed E-state index contributed by atoms with van der Waals surface area (Å²) in [5.41, 5.74) is 13.7. The highest BCUT2D eigenvalue weighted by Crippen LogP contribution is 2.59. The Kier molecular flexibility index (Phi) is 5.11. The van der Waals surface area contributed by atoms with Gasteiger partial charge in [0, 0.05) is 22.4 Å². The molecule has 0 amide bonds. The zero-order valence-corrected chi connectivity index (χ0v) is 24.3. The Morgan fingerprint density at radius 1 is 0.610 bits per heavy atom. The maximum absolute atomic E-state index is 2.57. The fraction of sp³-hybridized carbons (Fsp3) is 0.200. The Balaban J connectivity index is 1.21. The maximum atomic E-state index is 2.57. The van der Waals surface area contributed by atoms with Crippen LogP contribution in [0.2, 0.25) is 0 Å². The number of para-hydroxylation sites is 2. The van der Waals surface area contributed by atoms with Crippen LogP contribution in [-0.2, 0) is 10.8 Å². The lowest BCUT2D eigenvalue weighted by atomic mass is 9.64. The molecule has 0 aromatic heterocycles. The number of anilines is 2. The van der Waals surface area contributed by atoms with Crippen LogP contribution < -0.4 is 4.90 Å². The minimum absolute atomic E-state index is 0.0427. The quantitative estimate of drug-likeness (QED) is 0.220. The van der Waals surface area contributed by atoms with Gasteiger partial charge in [0.15, 0.2) is 0 Å². The standard InChI is InChI=1S/C40H35N/c1-39(2)32-13-8-9-16-36(32)41-37-22-21-31(25-35(37)40(3,4)34-15-10-14-33(39)38(34)41)30-20-19-28-23-27(17-18-29(28)24-30)26-11-6-5-7-12-26/h5-24,31H,25H2,1-4H3. The smallest absolute Gasteiger partial charge is 0.0543 e. The molecule has 0 saturated carbocycles. The van der Waals surface area contributed by atoms with Gasteiger partial charge in [-0.15, -0.1) is 0 Å². The monoisotopic (exact) mass is 529 g/mol. The molecule has 8 rings (SSSR count). The third-order valence-electron chi connectivity index (χ3n) is 10.0. The third-order valence-corrected chi connectivity index (χ3v) is 10.0. The molecule has 5 aromatic rings. The Bertz CT molecular complexity index is 1920. The summed E-state index contributed by atoms with van der Waals surface area (Å²) in [6.07, 6.45) is 5.89. The van der Waals surface area contributed by atoms with E-state index in [1.54, 1.807) is 0 Å². The van der Waals surface area contributed by atoms with Crippen LogP contribution in [0, 0.1) is 0 Å². The van der Waals surface area contributed by atoms with Gasteiger partial charge in [-0.25, -0.2) is 0 Å². The van der Waals surface area contributed by atoms with Crippen LogP contribution in [0.3, 0.4) is 0 Å². The molecule has 0 saturated heterocycles. The van der Waals surface area contributed by atoms with E-state index in [9.17, 15) is 0 Å². The summed E-state index contributed by atoms with van der Waals surface area (Å²) in [7, 11) is 0. The molecule has 2 heterocycles. The van der Waals surface area contributed by atoms with E-state index in [0.717, 1.165) is 6.42 Å². The molecule has 1 nitrogen and oxygen atoms in total. The molecule has 1 unspecified atom stereocenters. The van der Waals surface area contributed by atoms with E-state index < -0.39 is 0 Å². The fourth-order valence-corrected chi connectivity index (χ4v) is 7.69. The Hall–Kier alpha value is -4.36. The summed E-state index contributed by atoms with van der Waals surface area (Å²) >= 11 is 0. The number of fused-ring (bicyclic) bond motifs is 4. The van der Waals surface area contributed by atoms with Gasteiger partial charge >= 0.3 is 0 Å². The predicted molar refractivity (Wildman–Crippen MR) is 173 cm³/mol. The topological polar surface area (TPSA) is 3.24 Å². The van der Waals surface area contributed by atoms with Gasteiger partial charge < -0.3 is 4.90 Å². The van der Waals surface area contributed by atoms with Crippen molar-refractivity contribution in [3.8, 4) is 11.1 Å². The molecule has 1 aliphatic carbocycles. The summed E-state index contributed by atoms with van der Waals surface area (Å²) in [5, 5.41) is 2.60. The third kappa shape index (κ3) is 3.48. The molecule has 1 heteroatoms. The van der Waals surface area contributed by atoms with E-state index in [-0.39, 0.29) is 10.8 Å². The molecule has 0 bridgehead atoms. The van der Waals surface area contributed by atoms with Crippen LogP contribution in [0.1, 0.15) is 62.3 Å². The van der Waals surface area contributed by atoms with Crippen LogP contribution in [0.25, 0.3) is 21.9 Å². The highest BCUT2D eigenvalue weighted by molar-refractivity contribution is 5.89. The lowest BCUT2D eigenvalue weighted by molar-refractivity contribution is 0.543. The van der Waals surface area contributed by atoms with Crippen molar-refractivity contribution < 1.29 is 0 Å². The van der Waals surface area contributed by atoms with Crippen molar-refractivity contribution in [3.63, 3.8) is 0 Å². The summed E-state index contributed by atoms with van der Waals surface area (Å²) in [4.78, 5) is 2.57. The number of allylic oxidation sites excluding steroid dienone is 3. The Morgan fingerprint density at radius 3 is 2.12 bits per heavy atom. The highest BCUT2D eigenvalue weighted by atomic mass is 15.2. The van der Waals surface area contributed by atoms with E-state index in [2.05, 4.69) is 154 Å². The van der Waals surface area contributed by atoms with Crippen molar-refractivity contribution in [3.05, 3.63) is 155 Å². The van der Waals surface area contributed by atoms with Crippen molar-refractivity contribution in [2.45, 2.75) is 50.9 Å². The van der Waals surface area contributed by atoms with Crippen molar-refractivity contribution in [1.29, 1.82) is 0 Å². The summed E-state index contributed by atoms with van der Waals surface area (Å²) in [6, 6.07) is 40.6. The highest BCUT2D eigenvalue weighted by Gasteiger charge is 2.46. The van der Waals surface area contributed by atoms with Crippen LogP contribution >= 0.6 is 0 Å². The van der Waals surface area contributed by atoms with Gasteiger partial charge in [0.2, 0.25) is 0 Å². The van der Waals surface area contributed by atoms with Gasteiger partial charge in [-0.2, -0.15) is 0 Å². The van der Waals surface area contributed by atoms with Crippen LogP contribution in [0.4, 0.5) is 11.4 Å². The first-order valence-electron chi connectivity index (χ1n) is 14.9. The zero-order valence-electron chi connectivity index (χ0n) is 24.3. The summed E-state index contributed by atoms with van der Waals surface area (Å²) < 4.78 is 0. The van der Waals surface area contributed by atoms with Gasteiger partial charge in [0.25, 0.3) is 0 Å². The lowest BCUT2D eigenvalue weighted by Gasteiger charge is -2.51. The van der Waals surface area contributed by atoms with Crippen molar-refractivity contribution in [1.82, 2.24) is 0 Å². The molecular weight excluding hydrogens is 494 g/mol. The minimum Gasteiger partial charge on any atom is -0.310 e. The number of rotatable bonds is 2. The largest absolute Gasteiger partial charge is 0.310 e. The van der Waals surface area contributed by atoms with Crippen LogP contribution in [-0.4, -0.2) is 0 Å². The first kappa shape index (κ1) is 24.4. The molecular formula is C40H35N. The predicted octanol–water partition coefficient (Wildman–Crippen LogP) is 10.6. The van der Waals surface area contributed by atoms with E-state index in [4.69, 9.17) is 0 Å². The average molecular weight is 530 g/mol. The average Bonchev–Trinajstić information content (AvgIpc) is 3.00. The second kappa shape index (κ2) is 8.57.